The minimum absolute atomic E-state index is 0.113. The maximum Gasteiger partial charge on any atom is 0.254 e. The van der Waals surface area contributed by atoms with Crippen molar-refractivity contribution in [2.45, 2.75) is 59.0 Å². The molecule has 1 saturated heterocycles. The maximum atomic E-state index is 12.9. The van der Waals surface area contributed by atoms with E-state index in [-0.39, 0.29) is 17.9 Å². The maximum absolute atomic E-state index is 12.9. The molecule has 1 aromatic carbocycles. The van der Waals surface area contributed by atoms with E-state index in [0.29, 0.717) is 24.4 Å². The van der Waals surface area contributed by atoms with Crippen molar-refractivity contribution in [3.05, 3.63) is 35.9 Å². The van der Waals surface area contributed by atoms with E-state index in [4.69, 9.17) is 0 Å². The van der Waals surface area contributed by atoms with Crippen molar-refractivity contribution in [1.82, 2.24) is 10.2 Å². The third-order valence-corrected chi connectivity index (χ3v) is 5.06. The first-order chi connectivity index (χ1) is 12.3. The minimum atomic E-state index is -0.646. The number of carbonyl (C=O) groups excluding carboxylic acids is 3. The molecule has 26 heavy (non-hydrogen) atoms. The average molecular weight is 358 g/mol. The summed E-state index contributed by atoms with van der Waals surface area (Å²) in [5.74, 6) is 0.0795. The van der Waals surface area contributed by atoms with Gasteiger partial charge >= 0.3 is 0 Å². The Morgan fingerprint density at radius 3 is 2.50 bits per heavy atom. The van der Waals surface area contributed by atoms with Crippen molar-refractivity contribution in [3.8, 4) is 0 Å². The molecule has 1 aromatic rings. The lowest BCUT2D eigenvalue weighted by atomic mass is 9.81. The van der Waals surface area contributed by atoms with Crippen LogP contribution in [0.25, 0.3) is 0 Å². The van der Waals surface area contributed by atoms with E-state index in [0.717, 1.165) is 19.1 Å². The minimum Gasteiger partial charge on any atom is -0.351 e. The number of nitrogens with one attached hydrogen (secondary N) is 1. The molecule has 1 aliphatic heterocycles. The summed E-state index contributed by atoms with van der Waals surface area (Å²) in [7, 11) is 0. The number of likely N-dealkylation sites (tertiary alicyclic amines) is 1. The molecule has 2 amide bonds. The molecule has 1 aliphatic rings. The quantitative estimate of drug-likeness (QED) is 0.762. The summed E-state index contributed by atoms with van der Waals surface area (Å²) in [6.45, 7) is 8.41. The normalized spacial score (nSPS) is 18.7. The predicted octanol–water partition coefficient (Wildman–Crippen LogP) is 3.05. The van der Waals surface area contributed by atoms with Gasteiger partial charge in [-0.15, -0.1) is 0 Å². The van der Waals surface area contributed by atoms with Gasteiger partial charge in [-0.1, -0.05) is 45.9 Å². The Kier molecular flexibility index (Phi) is 6.57. The molecule has 2 atom stereocenters. The highest BCUT2D eigenvalue weighted by atomic mass is 16.2. The van der Waals surface area contributed by atoms with Crippen LogP contribution in [0.1, 0.15) is 57.3 Å². The van der Waals surface area contributed by atoms with Gasteiger partial charge in [0.1, 0.15) is 12.3 Å². The summed E-state index contributed by atoms with van der Waals surface area (Å²) in [5, 5.41) is 3.05. The second-order valence-corrected chi connectivity index (χ2v) is 8.15. The highest BCUT2D eigenvalue weighted by Gasteiger charge is 2.38. The van der Waals surface area contributed by atoms with E-state index in [9.17, 15) is 14.4 Å². The number of carbonyl (C=O) groups is 3. The zero-order valence-corrected chi connectivity index (χ0v) is 16.2. The van der Waals surface area contributed by atoms with Crippen LogP contribution in [0.3, 0.4) is 0 Å². The Morgan fingerprint density at radius 1 is 1.27 bits per heavy atom. The van der Waals surface area contributed by atoms with Crippen LogP contribution in [0.4, 0.5) is 0 Å². The third kappa shape index (κ3) is 4.71. The zero-order chi connectivity index (χ0) is 19.3. The second-order valence-electron chi connectivity index (χ2n) is 8.15. The number of nitrogens with zero attached hydrogens (tertiary/aromatic N) is 1. The molecule has 0 radical (unpaired) electrons. The number of amides is 2. The fraction of sp³-hybridized carbons (Fsp3) is 0.571. The predicted molar refractivity (Wildman–Crippen MR) is 102 cm³/mol. The van der Waals surface area contributed by atoms with E-state index >= 15 is 0 Å². The van der Waals surface area contributed by atoms with Crippen LogP contribution >= 0.6 is 0 Å². The largest absolute Gasteiger partial charge is 0.351 e. The van der Waals surface area contributed by atoms with Crippen LogP contribution in [0.5, 0.6) is 0 Å². The monoisotopic (exact) mass is 358 g/mol. The summed E-state index contributed by atoms with van der Waals surface area (Å²) < 4.78 is 0. The van der Waals surface area contributed by atoms with Gasteiger partial charge in [0.05, 0.1) is 0 Å². The summed E-state index contributed by atoms with van der Waals surface area (Å²) >= 11 is 0. The molecule has 1 N–H and O–H groups in total. The first-order valence-corrected chi connectivity index (χ1v) is 9.39. The number of hydrogen-bond donors (Lipinski definition) is 1. The van der Waals surface area contributed by atoms with Gasteiger partial charge in [-0.2, -0.15) is 0 Å². The number of hydrogen-bond acceptors (Lipinski definition) is 3. The van der Waals surface area contributed by atoms with E-state index in [2.05, 4.69) is 19.2 Å². The molecular weight excluding hydrogens is 328 g/mol. The lowest BCUT2D eigenvalue weighted by Gasteiger charge is -2.33. The molecule has 1 heterocycles. The molecule has 0 spiro atoms. The van der Waals surface area contributed by atoms with E-state index < -0.39 is 11.5 Å². The van der Waals surface area contributed by atoms with Gasteiger partial charge in [0.25, 0.3) is 5.91 Å². The molecule has 5 nitrogen and oxygen atoms in total. The van der Waals surface area contributed by atoms with Crippen LogP contribution in [0, 0.1) is 11.3 Å². The van der Waals surface area contributed by atoms with E-state index in [1.54, 1.807) is 17.0 Å². The third-order valence-electron chi connectivity index (χ3n) is 5.06. The van der Waals surface area contributed by atoms with Crippen molar-refractivity contribution in [1.29, 1.82) is 0 Å². The van der Waals surface area contributed by atoms with Crippen molar-refractivity contribution in [2.24, 2.45) is 11.3 Å². The number of rotatable bonds is 7. The Labute approximate surface area is 156 Å². The van der Waals surface area contributed by atoms with Gasteiger partial charge < -0.3 is 15.0 Å². The second kappa shape index (κ2) is 8.47. The standard InChI is InChI=1S/C21H30N2O3/c1-15(2)13-18(21(3,4)14-24)22-19(25)17-11-8-12-23(17)20(26)16-9-6-5-7-10-16/h5-7,9-10,14-15,17-18H,8,11-13H2,1-4H3,(H,22,25)/t17-,18+/m0/s1. The van der Waals surface area contributed by atoms with Gasteiger partial charge in [-0.05, 0) is 37.3 Å². The molecule has 0 aliphatic carbocycles. The van der Waals surface area contributed by atoms with Gasteiger partial charge in [0.2, 0.25) is 5.91 Å². The number of aldehydes is 1. The van der Waals surface area contributed by atoms with Gasteiger partial charge in [0.15, 0.2) is 0 Å². The molecule has 2 rings (SSSR count). The van der Waals surface area contributed by atoms with Crippen LogP contribution in [0.2, 0.25) is 0 Å². The highest BCUT2D eigenvalue weighted by Crippen LogP contribution is 2.25. The molecule has 0 saturated carbocycles. The van der Waals surface area contributed by atoms with Crippen molar-refractivity contribution >= 4 is 18.1 Å². The topological polar surface area (TPSA) is 66.5 Å². The first kappa shape index (κ1) is 20.1. The Morgan fingerprint density at radius 2 is 1.92 bits per heavy atom. The van der Waals surface area contributed by atoms with Gasteiger partial charge in [-0.25, -0.2) is 0 Å². The van der Waals surface area contributed by atoms with Crippen LogP contribution in [0.15, 0.2) is 30.3 Å². The molecule has 0 aromatic heterocycles. The van der Waals surface area contributed by atoms with Gasteiger partial charge in [0, 0.05) is 23.6 Å². The summed E-state index contributed by atoms with van der Waals surface area (Å²) in [5.41, 5.74) is -0.0496. The average Bonchev–Trinajstić information content (AvgIpc) is 3.10. The lowest BCUT2D eigenvalue weighted by molar-refractivity contribution is -0.127. The molecule has 0 unspecified atom stereocenters. The Bertz CT molecular complexity index is 640. The fourth-order valence-corrected chi connectivity index (χ4v) is 3.40. The van der Waals surface area contributed by atoms with E-state index in [1.165, 1.54) is 0 Å². The lowest BCUT2D eigenvalue weighted by Crippen LogP contribution is -2.53. The van der Waals surface area contributed by atoms with Crippen molar-refractivity contribution < 1.29 is 14.4 Å². The van der Waals surface area contributed by atoms with Crippen LogP contribution < -0.4 is 5.32 Å². The van der Waals surface area contributed by atoms with E-state index in [1.807, 2.05) is 32.0 Å². The molecule has 1 fully saturated rings. The summed E-state index contributed by atoms with van der Waals surface area (Å²) in [6, 6.07) is 8.33. The molecule has 142 valence electrons. The van der Waals surface area contributed by atoms with Crippen LogP contribution in [-0.2, 0) is 9.59 Å². The van der Waals surface area contributed by atoms with Crippen LogP contribution in [-0.4, -0.2) is 41.6 Å². The SMILES string of the molecule is CC(C)C[C@@H](NC(=O)[C@@H]1CCCN1C(=O)c1ccccc1)C(C)(C)C=O. The Hall–Kier alpha value is -2.17. The summed E-state index contributed by atoms with van der Waals surface area (Å²) in [6.07, 6.45) is 3.08. The van der Waals surface area contributed by atoms with Crippen molar-refractivity contribution in [2.75, 3.05) is 6.54 Å². The fourth-order valence-electron chi connectivity index (χ4n) is 3.40. The number of benzene rings is 1. The van der Waals surface area contributed by atoms with Crippen molar-refractivity contribution in [3.63, 3.8) is 0 Å². The highest BCUT2D eigenvalue weighted by molar-refractivity contribution is 5.98. The Balaban J connectivity index is 2.13. The molecule has 0 bridgehead atoms. The molecule has 5 heteroatoms. The summed E-state index contributed by atoms with van der Waals surface area (Å²) in [4.78, 5) is 38.8. The first-order valence-electron chi connectivity index (χ1n) is 9.39. The van der Waals surface area contributed by atoms with Gasteiger partial charge in [-0.3, -0.25) is 9.59 Å². The smallest absolute Gasteiger partial charge is 0.254 e. The molecular formula is C21H30N2O3. The zero-order valence-electron chi connectivity index (χ0n) is 16.2.